The molecule has 0 N–H and O–H groups in total. The summed E-state index contributed by atoms with van der Waals surface area (Å²) in [6.07, 6.45) is 5.53. The molecule has 0 spiro atoms. The van der Waals surface area contributed by atoms with Crippen molar-refractivity contribution >= 4 is 0 Å². The summed E-state index contributed by atoms with van der Waals surface area (Å²) in [6, 6.07) is 10.1. The van der Waals surface area contributed by atoms with Gasteiger partial charge in [0.1, 0.15) is 0 Å². The second-order valence-corrected chi connectivity index (χ2v) is 8.31. The molecule has 1 aliphatic heterocycles. The van der Waals surface area contributed by atoms with Gasteiger partial charge in [-0.2, -0.15) is 5.10 Å². The van der Waals surface area contributed by atoms with E-state index < -0.39 is 0 Å². The largest absolute Gasteiger partial charge is 0.300 e. The second kappa shape index (κ2) is 6.60. The Labute approximate surface area is 152 Å². The Morgan fingerprint density at radius 2 is 1.84 bits per heavy atom. The first-order valence-corrected chi connectivity index (χ1v) is 9.87. The van der Waals surface area contributed by atoms with Crippen LogP contribution in [0.25, 0.3) is 11.1 Å². The zero-order chi connectivity index (χ0) is 17.6. The van der Waals surface area contributed by atoms with Gasteiger partial charge >= 0.3 is 0 Å². The summed E-state index contributed by atoms with van der Waals surface area (Å²) in [5.41, 5.74) is 6.48. The Kier molecular flexibility index (Phi) is 4.45. The zero-order valence-corrected chi connectivity index (χ0v) is 16.1. The third-order valence-corrected chi connectivity index (χ3v) is 6.60. The molecule has 1 aliphatic carbocycles. The van der Waals surface area contributed by atoms with Crippen LogP contribution in [-0.4, -0.2) is 33.8 Å². The molecule has 0 radical (unpaired) electrons. The number of benzene rings is 1. The topological polar surface area (TPSA) is 21.1 Å². The van der Waals surface area contributed by atoms with Crippen LogP contribution in [0.1, 0.15) is 55.5 Å². The van der Waals surface area contributed by atoms with Crippen molar-refractivity contribution in [1.29, 1.82) is 0 Å². The standard InChI is InChI=1S/C22H31N3/c1-15-6-5-11-25(15)14-18-12-21(13-18)19-7-9-20(10-8-19)22-16(2)23-24(4)17(22)3/h7-10,15,18,21H,5-6,11-14H2,1-4H3/t15-,18?,21?/m1/s1. The fourth-order valence-electron chi connectivity index (χ4n) is 4.87. The summed E-state index contributed by atoms with van der Waals surface area (Å²) < 4.78 is 1.98. The van der Waals surface area contributed by atoms with E-state index in [0.717, 1.165) is 23.6 Å². The number of aryl methyl sites for hydroxylation is 2. The summed E-state index contributed by atoms with van der Waals surface area (Å²) in [4.78, 5) is 2.71. The van der Waals surface area contributed by atoms with Crippen LogP contribution in [0.4, 0.5) is 0 Å². The SMILES string of the molecule is Cc1nn(C)c(C)c1-c1ccc(C2CC(CN3CCC[C@H]3C)C2)cc1. The van der Waals surface area contributed by atoms with E-state index in [0.29, 0.717) is 0 Å². The Balaban J connectivity index is 1.39. The molecule has 1 saturated carbocycles. The Hall–Kier alpha value is -1.61. The van der Waals surface area contributed by atoms with Gasteiger partial charge in [0.05, 0.1) is 5.69 Å². The fourth-order valence-corrected chi connectivity index (χ4v) is 4.87. The van der Waals surface area contributed by atoms with Gasteiger partial charge in [-0.1, -0.05) is 24.3 Å². The Morgan fingerprint density at radius 1 is 1.12 bits per heavy atom. The van der Waals surface area contributed by atoms with Crippen molar-refractivity contribution in [2.24, 2.45) is 13.0 Å². The molecule has 134 valence electrons. The lowest BCUT2D eigenvalue weighted by molar-refractivity contribution is 0.154. The number of hydrogen-bond donors (Lipinski definition) is 0. The number of nitrogens with zero attached hydrogens (tertiary/aromatic N) is 3. The van der Waals surface area contributed by atoms with Crippen LogP contribution in [0, 0.1) is 19.8 Å². The molecular weight excluding hydrogens is 306 g/mol. The second-order valence-electron chi connectivity index (χ2n) is 8.31. The van der Waals surface area contributed by atoms with Crippen LogP contribution < -0.4 is 0 Å². The summed E-state index contributed by atoms with van der Waals surface area (Å²) >= 11 is 0. The summed E-state index contributed by atoms with van der Waals surface area (Å²) in [7, 11) is 2.02. The van der Waals surface area contributed by atoms with Crippen molar-refractivity contribution in [3.05, 3.63) is 41.2 Å². The minimum Gasteiger partial charge on any atom is -0.300 e. The van der Waals surface area contributed by atoms with Crippen molar-refractivity contribution < 1.29 is 0 Å². The maximum Gasteiger partial charge on any atom is 0.0674 e. The van der Waals surface area contributed by atoms with E-state index in [1.807, 2.05) is 11.7 Å². The van der Waals surface area contributed by atoms with Gasteiger partial charge in [-0.25, -0.2) is 0 Å². The van der Waals surface area contributed by atoms with Crippen molar-refractivity contribution in [3.8, 4) is 11.1 Å². The molecule has 2 aromatic rings. The summed E-state index contributed by atoms with van der Waals surface area (Å²) in [5.74, 6) is 1.68. The van der Waals surface area contributed by atoms with Crippen molar-refractivity contribution in [3.63, 3.8) is 0 Å². The molecule has 0 unspecified atom stereocenters. The van der Waals surface area contributed by atoms with Crippen LogP contribution in [0.15, 0.2) is 24.3 Å². The van der Waals surface area contributed by atoms with E-state index in [1.54, 1.807) is 0 Å². The molecule has 0 amide bonds. The minimum absolute atomic E-state index is 0.771. The molecule has 2 fully saturated rings. The first-order chi connectivity index (χ1) is 12.0. The van der Waals surface area contributed by atoms with Gasteiger partial charge in [-0.3, -0.25) is 4.68 Å². The summed E-state index contributed by atoms with van der Waals surface area (Å²) in [6.45, 7) is 9.29. The first kappa shape index (κ1) is 16.8. The van der Waals surface area contributed by atoms with Crippen LogP contribution in [-0.2, 0) is 7.05 Å². The lowest BCUT2D eigenvalue weighted by Gasteiger charge is -2.39. The lowest BCUT2D eigenvalue weighted by Crippen LogP contribution is -2.37. The maximum atomic E-state index is 4.55. The third kappa shape index (κ3) is 3.15. The predicted molar refractivity (Wildman–Crippen MR) is 104 cm³/mol. The third-order valence-electron chi connectivity index (χ3n) is 6.60. The van der Waals surface area contributed by atoms with Crippen LogP contribution >= 0.6 is 0 Å². The highest BCUT2D eigenvalue weighted by Crippen LogP contribution is 2.43. The van der Waals surface area contributed by atoms with E-state index in [9.17, 15) is 0 Å². The maximum absolute atomic E-state index is 4.55. The quantitative estimate of drug-likeness (QED) is 0.807. The van der Waals surface area contributed by atoms with Crippen LogP contribution in [0.2, 0.25) is 0 Å². The number of hydrogen-bond acceptors (Lipinski definition) is 2. The number of likely N-dealkylation sites (tertiary alicyclic amines) is 1. The molecular formula is C22H31N3. The van der Waals surface area contributed by atoms with Crippen molar-refractivity contribution in [2.75, 3.05) is 13.1 Å². The lowest BCUT2D eigenvalue weighted by atomic mass is 9.71. The highest BCUT2D eigenvalue weighted by atomic mass is 15.3. The molecule has 0 bridgehead atoms. The molecule has 2 heterocycles. The average molecular weight is 338 g/mol. The van der Waals surface area contributed by atoms with E-state index >= 15 is 0 Å². The molecule has 4 rings (SSSR count). The fraction of sp³-hybridized carbons (Fsp3) is 0.591. The van der Waals surface area contributed by atoms with E-state index in [4.69, 9.17) is 0 Å². The number of aromatic nitrogens is 2. The van der Waals surface area contributed by atoms with E-state index in [1.165, 1.54) is 61.2 Å². The Bertz CT molecular complexity index is 737. The number of rotatable bonds is 4. The van der Waals surface area contributed by atoms with Crippen LogP contribution in [0.5, 0.6) is 0 Å². The van der Waals surface area contributed by atoms with Gasteiger partial charge in [0.2, 0.25) is 0 Å². The molecule has 25 heavy (non-hydrogen) atoms. The molecule has 1 aromatic carbocycles. The normalized spacial score (nSPS) is 26.8. The highest BCUT2D eigenvalue weighted by Gasteiger charge is 2.33. The van der Waals surface area contributed by atoms with Gasteiger partial charge < -0.3 is 4.90 Å². The van der Waals surface area contributed by atoms with Gasteiger partial charge in [-0.15, -0.1) is 0 Å². The minimum atomic E-state index is 0.771. The molecule has 1 atom stereocenters. The predicted octanol–water partition coefficient (Wildman–Crippen LogP) is 4.68. The van der Waals surface area contributed by atoms with Gasteiger partial charge in [0.15, 0.2) is 0 Å². The zero-order valence-electron chi connectivity index (χ0n) is 16.1. The molecule has 3 heteroatoms. The van der Waals surface area contributed by atoms with Gasteiger partial charge in [0.25, 0.3) is 0 Å². The summed E-state index contributed by atoms with van der Waals surface area (Å²) in [5, 5.41) is 4.55. The smallest absolute Gasteiger partial charge is 0.0674 e. The van der Waals surface area contributed by atoms with Gasteiger partial charge in [0, 0.05) is 30.9 Å². The molecule has 1 saturated heterocycles. The Morgan fingerprint density at radius 3 is 2.40 bits per heavy atom. The average Bonchev–Trinajstić information content (AvgIpc) is 3.06. The molecule has 2 aliphatic rings. The molecule has 1 aromatic heterocycles. The van der Waals surface area contributed by atoms with E-state index in [-0.39, 0.29) is 0 Å². The van der Waals surface area contributed by atoms with Crippen LogP contribution in [0.3, 0.4) is 0 Å². The van der Waals surface area contributed by atoms with Crippen molar-refractivity contribution in [1.82, 2.24) is 14.7 Å². The van der Waals surface area contributed by atoms with E-state index in [2.05, 4.69) is 55.0 Å². The monoisotopic (exact) mass is 337 g/mol. The van der Waals surface area contributed by atoms with Crippen molar-refractivity contribution in [2.45, 2.75) is 58.4 Å². The highest BCUT2D eigenvalue weighted by molar-refractivity contribution is 5.68. The molecule has 3 nitrogen and oxygen atoms in total. The first-order valence-electron chi connectivity index (χ1n) is 9.87. The van der Waals surface area contributed by atoms with Gasteiger partial charge in [-0.05, 0) is 76.0 Å².